The maximum Gasteiger partial charge on any atom is 0.295 e. The van der Waals surface area contributed by atoms with Crippen molar-refractivity contribution in [2.24, 2.45) is 0 Å². The fraction of sp³-hybridized carbons (Fsp3) is 0.348. The summed E-state index contributed by atoms with van der Waals surface area (Å²) in [6.07, 6.45) is 4.84. The van der Waals surface area contributed by atoms with E-state index >= 15 is 0 Å². The number of benzene rings is 1. The summed E-state index contributed by atoms with van der Waals surface area (Å²) in [5.41, 5.74) is 1.07. The van der Waals surface area contributed by atoms with Gasteiger partial charge in [-0.1, -0.05) is 6.07 Å². The first-order valence-corrected chi connectivity index (χ1v) is 10.3. The minimum atomic E-state index is -0.744. The van der Waals surface area contributed by atoms with Gasteiger partial charge in [-0.3, -0.25) is 14.6 Å². The Morgan fingerprint density at radius 3 is 2.71 bits per heavy atom. The zero-order valence-electron chi connectivity index (χ0n) is 16.8. The normalized spacial score (nSPS) is 24.6. The van der Waals surface area contributed by atoms with Crippen LogP contribution < -0.4 is 9.47 Å². The third kappa shape index (κ3) is 3.53. The number of hydrogen-bond donors (Lipinski definition) is 1. The Hall–Kier alpha value is -3.39. The number of aliphatic hydroxyl groups excluding tert-OH is 1. The number of hydrogen-bond acceptors (Lipinski definition) is 7. The van der Waals surface area contributed by atoms with Gasteiger partial charge in [0.1, 0.15) is 19.0 Å². The van der Waals surface area contributed by atoms with Gasteiger partial charge in [0, 0.05) is 31.1 Å². The number of carbonyl (C=O) groups excluding carboxylic acids is 2. The minimum Gasteiger partial charge on any atom is -0.507 e. The predicted molar refractivity (Wildman–Crippen MR) is 110 cm³/mol. The van der Waals surface area contributed by atoms with Crippen LogP contribution in [0.2, 0.25) is 0 Å². The highest BCUT2D eigenvalue weighted by molar-refractivity contribution is 6.46. The van der Waals surface area contributed by atoms with E-state index < -0.39 is 17.7 Å². The Morgan fingerprint density at radius 2 is 1.97 bits per heavy atom. The number of likely N-dealkylation sites (tertiary alicyclic amines) is 1. The number of aromatic nitrogens is 1. The number of amides is 1. The lowest BCUT2D eigenvalue weighted by Gasteiger charge is -2.27. The van der Waals surface area contributed by atoms with Gasteiger partial charge in [0.25, 0.3) is 11.7 Å². The highest BCUT2D eigenvalue weighted by Gasteiger charge is 2.47. The van der Waals surface area contributed by atoms with E-state index in [2.05, 4.69) is 4.98 Å². The van der Waals surface area contributed by atoms with Crippen molar-refractivity contribution in [1.82, 2.24) is 9.88 Å². The maximum atomic E-state index is 13.1. The van der Waals surface area contributed by atoms with Gasteiger partial charge in [0.05, 0.1) is 17.7 Å². The predicted octanol–water partition coefficient (Wildman–Crippen LogP) is 2.45. The lowest BCUT2D eigenvalue weighted by molar-refractivity contribution is -0.140. The second-order valence-electron chi connectivity index (χ2n) is 7.73. The highest BCUT2D eigenvalue weighted by atomic mass is 16.6. The SMILES string of the molecule is O=C1C(=O)N(CC2CCCO2)C(c2cccnc2)/C1=C(/O)c1ccc2c(c1)OCCO2. The number of rotatable bonds is 4. The van der Waals surface area contributed by atoms with Crippen molar-refractivity contribution in [1.29, 1.82) is 0 Å². The molecule has 1 aromatic carbocycles. The zero-order chi connectivity index (χ0) is 21.4. The number of ether oxygens (including phenoxy) is 3. The van der Waals surface area contributed by atoms with Crippen molar-refractivity contribution < 1.29 is 28.9 Å². The van der Waals surface area contributed by atoms with Crippen molar-refractivity contribution in [3.63, 3.8) is 0 Å². The molecule has 3 aliphatic rings. The lowest BCUT2D eigenvalue weighted by Crippen LogP contribution is -2.36. The van der Waals surface area contributed by atoms with Crippen LogP contribution in [-0.2, 0) is 14.3 Å². The van der Waals surface area contributed by atoms with Crippen molar-refractivity contribution in [2.45, 2.75) is 25.0 Å². The van der Waals surface area contributed by atoms with Crippen LogP contribution in [-0.4, -0.2) is 59.2 Å². The molecule has 0 spiro atoms. The lowest BCUT2D eigenvalue weighted by atomic mass is 9.96. The Labute approximate surface area is 179 Å². The quantitative estimate of drug-likeness (QED) is 0.459. The van der Waals surface area contributed by atoms with Gasteiger partial charge in [-0.2, -0.15) is 0 Å². The molecule has 2 saturated heterocycles. The van der Waals surface area contributed by atoms with Gasteiger partial charge < -0.3 is 24.2 Å². The summed E-state index contributed by atoms with van der Waals surface area (Å²) in [5, 5.41) is 11.2. The average molecular weight is 422 g/mol. The molecule has 3 aliphatic heterocycles. The van der Waals surface area contributed by atoms with Crippen LogP contribution in [0.25, 0.3) is 5.76 Å². The van der Waals surface area contributed by atoms with Crippen molar-refractivity contribution in [3.05, 3.63) is 59.4 Å². The molecule has 2 unspecified atom stereocenters. The van der Waals surface area contributed by atoms with Crippen LogP contribution in [0.1, 0.15) is 30.0 Å². The molecular weight excluding hydrogens is 400 g/mol. The van der Waals surface area contributed by atoms with Crippen LogP contribution in [0, 0.1) is 0 Å². The van der Waals surface area contributed by atoms with Gasteiger partial charge in [-0.05, 0) is 42.7 Å². The summed E-state index contributed by atoms with van der Waals surface area (Å²) < 4.78 is 16.8. The van der Waals surface area contributed by atoms with Gasteiger partial charge >= 0.3 is 0 Å². The number of pyridine rings is 1. The second kappa shape index (κ2) is 8.03. The van der Waals surface area contributed by atoms with Crippen molar-refractivity contribution >= 4 is 17.4 Å². The molecule has 0 aliphatic carbocycles. The van der Waals surface area contributed by atoms with E-state index in [1.807, 2.05) is 0 Å². The molecule has 1 aromatic heterocycles. The molecule has 8 nitrogen and oxygen atoms in total. The molecule has 31 heavy (non-hydrogen) atoms. The fourth-order valence-corrected chi connectivity index (χ4v) is 4.31. The number of nitrogens with zero attached hydrogens (tertiary/aromatic N) is 2. The first-order valence-electron chi connectivity index (χ1n) is 10.3. The summed E-state index contributed by atoms with van der Waals surface area (Å²) in [6.45, 7) is 1.78. The van der Waals surface area contributed by atoms with Gasteiger partial charge in [0.2, 0.25) is 0 Å². The first kappa shape index (κ1) is 19.6. The van der Waals surface area contributed by atoms with Crippen LogP contribution in [0.15, 0.2) is 48.3 Å². The second-order valence-corrected chi connectivity index (χ2v) is 7.73. The van der Waals surface area contributed by atoms with Crippen LogP contribution >= 0.6 is 0 Å². The van der Waals surface area contributed by atoms with E-state index in [1.54, 1.807) is 42.7 Å². The number of ketones is 1. The standard InChI is InChI=1S/C23H22N2O6/c26-21(14-5-6-17-18(11-14)31-10-9-30-17)19-20(15-3-1-7-24-12-15)25(23(28)22(19)27)13-16-4-2-8-29-16/h1,3,5-7,11-12,16,20,26H,2,4,8-10,13H2/b21-19-. The third-order valence-electron chi connectivity index (χ3n) is 5.78. The zero-order valence-corrected chi connectivity index (χ0v) is 16.8. The molecule has 1 amide bonds. The molecule has 1 N–H and O–H groups in total. The van der Waals surface area contributed by atoms with Crippen molar-refractivity contribution in [3.8, 4) is 11.5 Å². The van der Waals surface area contributed by atoms with E-state index in [0.717, 1.165) is 12.8 Å². The van der Waals surface area contributed by atoms with E-state index in [0.29, 0.717) is 42.4 Å². The molecule has 2 aromatic rings. The van der Waals surface area contributed by atoms with E-state index in [9.17, 15) is 14.7 Å². The monoisotopic (exact) mass is 422 g/mol. The summed E-state index contributed by atoms with van der Waals surface area (Å²) in [4.78, 5) is 31.7. The molecule has 0 bridgehead atoms. The molecule has 160 valence electrons. The molecule has 2 atom stereocenters. The Balaban J connectivity index is 1.59. The first-order chi connectivity index (χ1) is 15.1. The number of aliphatic hydroxyl groups is 1. The Kier molecular flexibility index (Phi) is 5.07. The van der Waals surface area contributed by atoms with E-state index in [-0.39, 0.29) is 24.0 Å². The molecular formula is C23H22N2O6. The van der Waals surface area contributed by atoms with Crippen LogP contribution in [0.3, 0.4) is 0 Å². The molecule has 0 radical (unpaired) electrons. The summed E-state index contributed by atoms with van der Waals surface area (Å²) in [7, 11) is 0. The van der Waals surface area contributed by atoms with Gasteiger partial charge in [0.15, 0.2) is 11.5 Å². The Bertz CT molecular complexity index is 1050. The molecule has 0 saturated carbocycles. The molecule has 2 fully saturated rings. The molecule has 4 heterocycles. The summed E-state index contributed by atoms with van der Waals surface area (Å²) >= 11 is 0. The number of fused-ring (bicyclic) bond motifs is 1. The molecule has 8 heteroatoms. The topological polar surface area (TPSA) is 98.2 Å². The van der Waals surface area contributed by atoms with Gasteiger partial charge in [-0.25, -0.2) is 0 Å². The fourth-order valence-electron chi connectivity index (χ4n) is 4.31. The summed E-state index contributed by atoms with van der Waals surface area (Å²) in [6, 6.07) is 7.75. The largest absolute Gasteiger partial charge is 0.507 e. The van der Waals surface area contributed by atoms with E-state index in [4.69, 9.17) is 14.2 Å². The third-order valence-corrected chi connectivity index (χ3v) is 5.78. The minimum absolute atomic E-state index is 0.0349. The smallest absolute Gasteiger partial charge is 0.295 e. The Morgan fingerprint density at radius 1 is 1.13 bits per heavy atom. The van der Waals surface area contributed by atoms with Crippen molar-refractivity contribution in [2.75, 3.05) is 26.4 Å². The average Bonchev–Trinajstić information content (AvgIpc) is 3.41. The summed E-state index contributed by atoms with van der Waals surface area (Å²) in [5.74, 6) is -0.561. The van der Waals surface area contributed by atoms with E-state index in [1.165, 1.54) is 4.90 Å². The van der Waals surface area contributed by atoms with Gasteiger partial charge in [-0.15, -0.1) is 0 Å². The highest BCUT2D eigenvalue weighted by Crippen LogP contribution is 2.41. The number of Topliss-reactive ketones (excluding diaryl/α,β-unsaturated/α-hetero) is 1. The maximum absolute atomic E-state index is 13.1. The number of carbonyl (C=O) groups is 2. The van der Waals surface area contributed by atoms with Crippen LogP contribution in [0.5, 0.6) is 11.5 Å². The van der Waals surface area contributed by atoms with Crippen LogP contribution in [0.4, 0.5) is 0 Å². The molecule has 5 rings (SSSR count).